The molecule has 4 rings (SSSR count). The van der Waals surface area contributed by atoms with Crippen LogP contribution >= 0.6 is 0 Å². The molecular weight excluding hydrogens is 370 g/mol. The van der Waals surface area contributed by atoms with Gasteiger partial charge >= 0.3 is 0 Å². The molecule has 1 aliphatic rings. The average Bonchev–Trinajstić information content (AvgIpc) is 3.30. The topological polar surface area (TPSA) is 93.2 Å². The van der Waals surface area contributed by atoms with Crippen LogP contribution in [0.2, 0.25) is 0 Å². The summed E-state index contributed by atoms with van der Waals surface area (Å²) in [5, 5.41) is 8.34. The van der Waals surface area contributed by atoms with Crippen molar-refractivity contribution in [3.05, 3.63) is 42.1 Å². The summed E-state index contributed by atoms with van der Waals surface area (Å²) < 4.78 is 7.15. The lowest BCUT2D eigenvalue weighted by Gasteiger charge is -2.28. The van der Waals surface area contributed by atoms with Gasteiger partial charge in [-0.2, -0.15) is 10.1 Å². The summed E-state index contributed by atoms with van der Waals surface area (Å²) in [6.45, 7) is 0.662. The highest BCUT2D eigenvalue weighted by Gasteiger charge is 2.31. The van der Waals surface area contributed by atoms with Gasteiger partial charge in [0.05, 0.1) is 23.4 Å². The van der Waals surface area contributed by atoms with Crippen LogP contribution in [0.3, 0.4) is 0 Å². The van der Waals surface area contributed by atoms with Gasteiger partial charge in [0.25, 0.3) is 11.8 Å². The van der Waals surface area contributed by atoms with Crippen molar-refractivity contribution in [3.8, 4) is 11.5 Å². The minimum Gasteiger partial charge on any atom is -0.363 e. The average molecular weight is 395 g/mol. The molecule has 1 unspecified atom stereocenters. The van der Waals surface area contributed by atoms with Crippen LogP contribution in [0.1, 0.15) is 47.9 Å². The SMILES string of the molecule is CN(C)c1ccc(C(=O)N2CCCCCC2c2noc(-c3cnn(C)c3)n2)cn1. The molecule has 0 bridgehead atoms. The highest BCUT2D eigenvalue weighted by atomic mass is 16.5. The normalized spacial score (nSPS) is 17.2. The first-order valence-corrected chi connectivity index (χ1v) is 9.80. The Hall–Kier alpha value is -3.23. The zero-order valence-corrected chi connectivity index (χ0v) is 16.9. The number of carbonyl (C=O) groups excluding carboxylic acids is 1. The summed E-state index contributed by atoms with van der Waals surface area (Å²) in [5.41, 5.74) is 1.33. The molecule has 0 aliphatic carbocycles. The number of rotatable bonds is 4. The number of hydrogen-bond acceptors (Lipinski definition) is 7. The van der Waals surface area contributed by atoms with E-state index in [9.17, 15) is 4.79 Å². The van der Waals surface area contributed by atoms with Gasteiger partial charge in [0.15, 0.2) is 5.82 Å². The number of pyridine rings is 1. The van der Waals surface area contributed by atoms with Crippen LogP contribution in [0.5, 0.6) is 0 Å². The van der Waals surface area contributed by atoms with Crippen LogP contribution in [0.4, 0.5) is 5.82 Å². The second-order valence-electron chi connectivity index (χ2n) is 7.52. The Balaban J connectivity index is 1.60. The second-order valence-corrected chi connectivity index (χ2v) is 7.52. The van der Waals surface area contributed by atoms with Crippen LogP contribution in [0.25, 0.3) is 11.5 Å². The third kappa shape index (κ3) is 3.98. The van der Waals surface area contributed by atoms with E-state index >= 15 is 0 Å². The first-order chi connectivity index (χ1) is 14.0. The highest BCUT2D eigenvalue weighted by molar-refractivity contribution is 5.94. The minimum atomic E-state index is -0.215. The number of anilines is 1. The van der Waals surface area contributed by atoms with Crippen LogP contribution in [0, 0.1) is 0 Å². The number of hydrogen-bond donors (Lipinski definition) is 0. The quantitative estimate of drug-likeness (QED) is 0.670. The van der Waals surface area contributed by atoms with Crippen LogP contribution in [-0.4, -0.2) is 56.4 Å². The Kier molecular flexibility index (Phi) is 5.28. The van der Waals surface area contributed by atoms with Crippen molar-refractivity contribution < 1.29 is 9.32 Å². The molecule has 9 heteroatoms. The predicted molar refractivity (Wildman–Crippen MR) is 107 cm³/mol. The van der Waals surface area contributed by atoms with E-state index in [2.05, 4.69) is 20.2 Å². The summed E-state index contributed by atoms with van der Waals surface area (Å²) in [6.07, 6.45) is 9.00. The zero-order chi connectivity index (χ0) is 20.4. The molecule has 3 aromatic rings. The van der Waals surface area contributed by atoms with Crippen molar-refractivity contribution in [1.82, 2.24) is 29.8 Å². The lowest BCUT2D eigenvalue weighted by molar-refractivity contribution is 0.0670. The van der Waals surface area contributed by atoms with E-state index in [0.29, 0.717) is 23.8 Å². The van der Waals surface area contributed by atoms with E-state index in [0.717, 1.165) is 37.1 Å². The summed E-state index contributed by atoms with van der Waals surface area (Å²) in [6, 6.07) is 3.46. The van der Waals surface area contributed by atoms with Gasteiger partial charge < -0.3 is 14.3 Å². The molecule has 1 atom stereocenters. The molecule has 1 amide bonds. The molecular formula is C20H25N7O2. The molecule has 0 radical (unpaired) electrons. The van der Waals surface area contributed by atoms with Crippen LogP contribution < -0.4 is 4.90 Å². The van der Waals surface area contributed by atoms with Gasteiger partial charge in [0, 0.05) is 40.1 Å². The number of aromatic nitrogens is 5. The summed E-state index contributed by atoms with van der Waals surface area (Å²) in [5.74, 6) is 1.72. The lowest BCUT2D eigenvalue weighted by atomic mass is 10.1. The van der Waals surface area contributed by atoms with Gasteiger partial charge in [0.1, 0.15) is 5.82 Å². The number of likely N-dealkylation sites (tertiary alicyclic amines) is 1. The summed E-state index contributed by atoms with van der Waals surface area (Å²) >= 11 is 0. The molecule has 0 N–H and O–H groups in total. The molecule has 152 valence electrons. The van der Waals surface area contributed by atoms with Gasteiger partial charge in [-0.15, -0.1) is 0 Å². The van der Waals surface area contributed by atoms with E-state index < -0.39 is 0 Å². The van der Waals surface area contributed by atoms with Gasteiger partial charge in [-0.1, -0.05) is 18.0 Å². The molecule has 1 aliphatic heterocycles. The van der Waals surface area contributed by atoms with Crippen molar-refractivity contribution in [2.45, 2.75) is 31.7 Å². The molecule has 0 aromatic carbocycles. The maximum atomic E-state index is 13.3. The van der Waals surface area contributed by atoms with E-state index in [-0.39, 0.29) is 11.9 Å². The third-order valence-electron chi connectivity index (χ3n) is 5.16. The van der Waals surface area contributed by atoms with Crippen molar-refractivity contribution in [2.24, 2.45) is 7.05 Å². The Morgan fingerprint density at radius 3 is 2.76 bits per heavy atom. The first kappa shape index (κ1) is 19.1. The molecule has 0 saturated carbocycles. The largest absolute Gasteiger partial charge is 0.363 e. The van der Waals surface area contributed by atoms with Gasteiger partial charge in [-0.05, 0) is 25.0 Å². The van der Waals surface area contributed by atoms with Crippen molar-refractivity contribution in [2.75, 3.05) is 25.5 Å². The van der Waals surface area contributed by atoms with E-state index in [1.165, 1.54) is 0 Å². The van der Waals surface area contributed by atoms with Gasteiger partial charge in [-0.3, -0.25) is 9.48 Å². The number of amides is 1. The molecule has 0 spiro atoms. The third-order valence-corrected chi connectivity index (χ3v) is 5.16. The summed E-state index contributed by atoms with van der Waals surface area (Å²) in [4.78, 5) is 26.0. The second kappa shape index (κ2) is 8.02. The molecule has 1 fully saturated rings. The van der Waals surface area contributed by atoms with Crippen molar-refractivity contribution in [1.29, 1.82) is 0 Å². The number of carbonyl (C=O) groups is 1. The molecule has 9 nitrogen and oxygen atoms in total. The van der Waals surface area contributed by atoms with Crippen LogP contribution in [0.15, 0.2) is 35.2 Å². The monoisotopic (exact) mass is 395 g/mol. The smallest absolute Gasteiger partial charge is 0.261 e. The van der Waals surface area contributed by atoms with Gasteiger partial charge in [-0.25, -0.2) is 4.98 Å². The minimum absolute atomic E-state index is 0.0533. The van der Waals surface area contributed by atoms with Crippen molar-refractivity contribution >= 4 is 11.7 Å². The number of aryl methyl sites for hydroxylation is 1. The van der Waals surface area contributed by atoms with Crippen LogP contribution in [-0.2, 0) is 7.05 Å². The Bertz CT molecular complexity index is 977. The fourth-order valence-corrected chi connectivity index (χ4v) is 3.58. The highest BCUT2D eigenvalue weighted by Crippen LogP contribution is 2.31. The van der Waals surface area contributed by atoms with E-state index in [1.807, 2.05) is 49.3 Å². The fraction of sp³-hybridized carbons (Fsp3) is 0.450. The lowest BCUT2D eigenvalue weighted by Crippen LogP contribution is -2.35. The molecule has 4 heterocycles. The maximum Gasteiger partial charge on any atom is 0.261 e. The Morgan fingerprint density at radius 2 is 2.07 bits per heavy atom. The van der Waals surface area contributed by atoms with E-state index in [4.69, 9.17) is 4.52 Å². The van der Waals surface area contributed by atoms with Crippen molar-refractivity contribution in [3.63, 3.8) is 0 Å². The fourth-order valence-electron chi connectivity index (χ4n) is 3.58. The maximum absolute atomic E-state index is 13.3. The van der Waals surface area contributed by atoms with E-state index in [1.54, 1.807) is 17.1 Å². The number of nitrogens with zero attached hydrogens (tertiary/aromatic N) is 7. The van der Waals surface area contributed by atoms with Gasteiger partial charge in [0.2, 0.25) is 0 Å². The summed E-state index contributed by atoms with van der Waals surface area (Å²) in [7, 11) is 5.68. The first-order valence-electron chi connectivity index (χ1n) is 9.80. The standard InChI is InChI=1S/C20H25N7O2/c1-25(2)17-9-8-14(11-21-17)20(28)27-10-6-4-5-7-16(27)18-23-19(29-24-18)15-12-22-26(3)13-15/h8-9,11-13,16H,4-7,10H2,1-3H3. The zero-order valence-electron chi connectivity index (χ0n) is 16.9. The Morgan fingerprint density at radius 1 is 1.21 bits per heavy atom. The molecule has 29 heavy (non-hydrogen) atoms. The predicted octanol–water partition coefficient (Wildman–Crippen LogP) is 2.69. The Labute approximate surface area is 169 Å². The molecule has 3 aromatic heterocycles. The molecule has 1 saturated heterocycles.